The first-order valence-corrected chi connectivity index (χ1v) is 10.0. The Kier molecular flexibility index (Phi) is 3.63. The average molecular weight is 367 g/mol. The lowest BCUT2D eigenvalue weighted by Gasteiger charge is -2.13. The van der Waals surface area contributed by atoms with Crippen molar-refractivity contribution >= 4 is 33.9 Å². The molecule has 0 aliphatic carbocycles. The molecule has 0 fully saturated rings. The molecule has 6 rings (SSSR count). The van der Waals surface area contributed by atoms with Crippen LogP contribution in [0.5, 0.6) is 0 Å². The topological polar surface area (TPSA) is 12.9 Å². The van der Waals surface area contributed by atoms with E-state index in [-0.39, 0.29) is 6.71 Å². The van der Waals surface area contributed by atoms with Crippen molar-refractivity contribution in [3.63, 3.8) is 0 Å². The quantitative estimate of drug-likeness (QED) is 0.414. The van der Waals surface area contributed by atoms with Crippen molar-refractivity contribution in [1.82, 2.24) is 4.98 Å². The normalized spacial score (nSPS) is 12.1. The molecule has 0 spiro atoms. The van der Waals surface area contributed by atoms with Crippen molar-refractivity contribution in [2.24, 2.45) is 0 Å². The molecule has 1 aliphatic heterocycles. The maximum absolute atomic E-state index is 4.73. The van der Waals surface area contributed by atoms with E-state index in [0.717, 1.165) is 5.69 Å². The highest BCUT2D eigenvalue weighted by atomic mass is 14.7. The Morgan fingerprint density at radius 3 is 2.34 bits per heavy atom. The molecule has 0 unspecified atom stereocenters. The van der Waals surface area contributed by atoms with Gasteiger partial charge in [0.2, 0.25) is 6.71 Å². The van der Waals surface area contributed by atoms with Crippen LogP contribution < -0.4 is 16.4 Å². The highest BCUT2D eigenvalue weighted by Gasteiger charge is 2.34. The summed E-state index contributed by atoms with van der Waals surface area (Å²) in [4.78, 5) is 4.73. The molecule has 134 valence electrons. The number of aromatic nitrogens is 1. The van der Waals surface area contributed by atoms with Gasteiger partial charge in [0.1, 0.15) is 0 Å². The summed E-state index contributed by atoms with van der Waals surface area (Å²) in [6, 6.07) is 37.1. The van der Waals surface area contributed by atoms with Crippen molar-refractivity contribution < 1.29 is 0 Å². The van der Waals surface area contributed by atoms with Crippen molar-refractivity contribution in [2.45, 2.75) is 0 Å². The van der Waals surface area contributed by atoms with Crippen LogP contribution in [0.25, 0.3) is 33.2 Å². The number of rotatable bonds is 2. The first kappa shape index (κ1) is 16.3. The van der Waals surface area contributed by atoms with Gasteiger partial charge in [-0.25, -0.2) is 0 Å². The Hall–Kier alpha value is -3.65. The molecule has 0 amide bonds. The molecule has 0 bridgehead atoms. The molecule has 0 radical (unpaired) electrons. The molecule has 0 N–H and O–H groups in total. The smallest absolute Gasteiger partial charge is 0.244 e. The molecule has 1 aromatic heterocycles. The Morgan fingerprint density at radius 2 is 1.41 bits per heavy atom. The second kappa shape index (κ2) is 6.46. The van der Waals surface area contributed by atoms with E-state index in [2.05, 4.69) is 97.1 Å². The van der Waals surface area contributed by atoms with Crippen molar-refractivity contribution in [1.29, 1.82) is 0 Å². The number of benzene rings is 4. The molecule has 4 aromatic carbocycles. The lowest BCUT2D eigenvalue weighted by Crippen LogP contribution is -2.48. The van der Waals surface area contributed by atoms with Crippen LogP contribution in [0, 0.1) is 0 Å². The summed E-state index contributed by atoms with van der Waals surface area (Å²) in [7, 11) is 0. The van der Waals surface area contributed by atoms with E-state index >= 15 is 0 Å². The minimum atomic E-state index is 0.227. The Bertz CT molecular complexity index is 1350. The molecule has 29 heavy (non-hydrogen) atoms. The predicted octanol–water partition coefficient (Wildman–Crippen LogP) is 4.40. The Balaban J connectivity index is 1.60. The monoisotopic (exact) mass is 367 g/mol. The van der Waals surface area contributed by atoms with Gasteiger partial charge in [-0.15, -0.1) is 0 Å². The predicted molar refractivity (Wildman–Crippen MR) is 124 cm³/mol. The fourth-order valence-electron chi connectivity index (χ4n) is 4.71. The van der Waals surface area contributed by atoms with Crippen LogP contribution >= 0.6 is 0 Å². The number of fused-ring (bicyclic) bond motifs is 4. The van der Waals surface area contributed by atoms with E-state index in [1.54, 1.807) is 0 Å². The lowest BCUT2D eigenvalue weighted by atomic mass is 9.39. The summed E-state index contributed by atoms with van der Waals surface area (Å²) < 4.78 is 0. The maximum Gasteiger partial charge on any atom is 0.244 e. The number of hydrogen-bond donors (Lipinski definition) is 0. The molecule has 2 heteroatoms. The molecule has 1 aliphatic rings. The van der Waals surface area contributed by atoms with E-state index in [0.29, 0.717) is 0 Å². The van der Waals surface area contributed by atoms with E-state index in [1.807, 2.05) is 12.3 Å². The highest BCUT2D eigenvalue weighted by molar-refractivity contribution is 6.99. The summed E-state index contributed by atoms with van der Waals surface area (Å²) in [5.74, 6) is 0. The van der Waals surface area contributed by atoms with Crippen LogP contribution in [-0.4, -0.2) is 11.7 Å². The van der Waals surface area contributed by atoms with E-state index in [9.17, 15) is 0 Å². The van der Waals surface area contributed by atoms with E-state index in [1.165, 1.54) is 43.9 Å². The minimum absolute atomic E-state index is 0.227. The van der Waals surface area contributed by atoms with Gasteiger partial charge in [0.05, 0.1) is 5.69 Å². The van der Waals surface area contributed by atoms with Crippen LogP contribution in [0.2, 0.25) is 0 Å². The first-order valence-electron chi connectivity index (χ1n) is 10.0. The third-order valence-corrected chi connectivity index (χ3v) is 6.00. The van der Waals surface area contributed by atoms with Crippen LogP contribution in [-0.2, 0) is 0 Å². The highest BCUT2D eigenvalue weighted by Crippen LogP contribution is 2.31. The minimum Gasteiger partial charge on any atom is -0.257 e. The van der Waals surface area contributed by atoms with Gasteiger partial charge in [-0.3, -0.25) is 4.98 Å². The van der Waals surface area contributed by atoms with Gasteiger partial charge in [0.25, 0.3) is 0 Å². The lowest BCUT2D eigenvalue weighted by molar-refractivity contribution is 1.36. The van der Waals surface area contributed by atoms with Gasteiger partial charge in [0, 0.05) is 6.20 Å². The maximum atomic E-state index is 4.73. The number of pyridine rings is 1. The average Bonchev–Trinajstić information content (AvgIpc) is 3.13. The van der Waals surface area contributed by atoms with Crippen LogP contribution in [0.1, 0.15) is 0 Å². The van der Waals surface area contributed by atoms with E-state index < -0.39 is 0 Å². The number of nitrogens with zero attached hydrogens (tertiary/aromatic N) is 1. The summed E-state index contributed by atoms with van der Waals surface area (Å²) >= 11 is 0. The van der Waals surface area contributed by atoms with Crippen LogP contribution in [0.4, 0.5) is 0 Å². The van der Waals surface area contributed by atoms with Gasteiger partial charge in [0.15, 0.2) is 0 Å². The Morgan fingerprint density at radius 1 is 0.586 bits per heavy atom. The van der Waals surface area contributed by atoms with Gasteiger partial charge < -0.3 is 0 Å². The third-order valence-electron chi connectivity index (χ3n) is 6.00. The van der Waals surface area contributed by atoms with Gasteiger partial charge in [-0.2, -0.15) is 0 Å². The number of hydrogen-bond acceptors (Lipinski definition) is 1. The van der Waals surface area contributed by atoms with E-state index in [4.69, 9.17) is 4.98 Å². The van der Waals surface area contributed by atoms with Crippen molar-refractivity contribution in [2.75, 3.05) is 0 Å². The molecule has 0 saturated heterocycles. The fraction of sp³-hybridized carbons (Fsp3) is 0. The SMILES string of the molecule is c1ccc(B2c3cc(-c4cccc5ccccc45)ccc3-c3ncccc32)cc1. The van der Waals surface area contributed by atoms with Crippen LogP contribution in [0.3, 0.4) is 0 Å². The van der Waals surface area contributed by atoms with Crippen LogP contribution in [0.15, 0.2) is 109 Å². The zero-order chi connectivity index (χ0) is 19.2. The summed E-state index contributed by atoms with van der Waals surface area (Å²) in [6.07, 6.45) is 1.90. The summed E-state index contributed by atoms with van der Waals surface area (Å²) in [5, 5.41) is 2.56. The molecule has 0 saturated carbocycles. The second-order valence-corrected chi connectivity index (χ2v) is 7.61. The van der Waals surface area contributed by atoms with Crippen molar-refractivity contribution in [3.8, 4) is 22.4 Å². The molecular formula is C27H18BN. The molecule has 5 aromatic rings. The Labute approximate surface area is 170 Å². The van der Waals surface area contributed by atoms with Gasteiger partial charge in [-0.1, -0.05) is 108 Å². The zero-order valence-corrected chi connectivity index (χ0v) is 15.9. The first-order chi connectivity index (χ1) is 14.4. The largest absolute Gasteiger partial charge is 0.257 e. The molecule has 0 atom stereocenters. The molecule has 2 heterocycles. The molecule has 1 nitrogen and oxygen atoms in total. The molecular weight excluding hydrogens is 349 g/mol. The second-order valence-electron chi connectivity index (χ2n) is 7.61. The van der Waals surface area contributed by atoms with Crippen molar-refractivity contribution in [3.05, 3.63) is 109 Å². The third kappa shape index (κ3) is 2.53. The van der Waals surface area contributed by atoms with Gasteiger partial charge in [-0.05, 0) is 39.0 Å². The van der Waals surface area contributed by atoms with Gasteiger partial charge >= 0.3 is 0 Å². The standard InChI is InChI=1S/C27H18BN/c1-2-10-21(11-3-1)28-25-14-7-17-29-27(25)24-16-15-20(18-26(24)28)23-13-6-9-19-8-4-5-12-22(19)23/h1-18H. The summed E-state index contributed by atoms with van der Waals surface area (Å²) in [6.45, 7) is 0.227. The summed E-state index contributed by atoms with van der Waals surface area (Å²) in [5.41, 5.74) is 8.85. The zero-order valence-electron chi connectivity index (χ0n) is 15.9. The fourth-order valence-corrected chi connectivity index (χ4v) is 4.71.